The number of hydrogen-bond donors (Lipinski definition) is 1. The van der Waals surface area contributed by atoms with Crippen LogP contribution in [0.3, 0.4) is 0 Å². The zero-order chi connectivity index (χ0) is 39.9. The van der Waals surface area contributed by atoms with Crippen LogP contribution >= 0.6 is 0 Å². The Morgan fingerprint density at radius 1 is 0.542 bits per heavy atom. The fourth-order valence-corrected chi connectivity index (χ4v) is 8.97. The van der Waals surface area contributed by atoms with Gasteiger partial charge < -0.3 is 5.41 Å². The number of fused-ring (bicyclic) bond motifs is 6. The van der Waals surface area contributed by atoms with Crippen molar-refractivity contribution in [3.63, 3.8) is 0 Å². The normalized spacial score (nSPS) is 13.2. The summed E-state index contributed by atoms with van der Waals surface area (Å²) < 4.78 is 0. The minimum atomic E-state index is -0.118. The largest absolute Gasteiger partial charge is 0.300 e. The van der Waals surface area contributed by atoms with Crippen molar-refractivity contribution in [1.82, 2.24) is 4.98 Å². The molecule has 0 bridgehead atoms. The Morgan fingerprint density at radius 3 is 2.03 bits per heavy atom. The molecule has 0 atom stereocenters. The Hall–Kier alpha value is -7.49. The van der Waals surface area contributed by atoms with Gasteiger partial charge in [-0.25, -0.2) is 0 Å². The predicted octanol–water partition coefficient (Wildman–Crippen LogP) is 14.2. The number of allylic oxidation sites excluding steroid dienone is 1. The third-order valence-corrected chi connectivity index (χ3v) is 11.9. The molecule has 1 aliphatic carbocycles. The fraction of sp³-hybridized carbons (Fsp3) is 0.0536. The van der Waals surface area contributed by atoms with E-state index >= 15 is 0 Å². The number of benzene rings is 8. The summed E-state index contributed by atoms with van der Waals surface area (Å²) in [6.45, 7) is 4.74. The van der Waals surface area contributed by atoms with Crippen LogP contribution in [0.2, 0.25) is 0 Å². The van der Waals surface area contributed by atoms with Gasteiger partial charge in [-0.05, 0) is 101 Å². The highest BCUT2D eigenvalue weighted by Crippen LogP contribution is 2.54. The molecule has 0 saturated heterocycles. The van der Waals surface area contributed by atoms with Crippen molar-refractivity contribution < 1.29 is 0 Å². The lowest BCUT2D eigenvalue weighted by molar-refractivity contribution is 0.666. The minimum Gasteiger partial charge on any atom is -0.300 e. The smallest absolute Gasteiger partial charge is 0.0723 e. The van der Waals surface area contributed by atoms with Gasteiger partial charge in [0.05, 0.1) is 11.4 Å². The average molecular weight is 756 g/mol. The van der Waals surface area contributed by atoms with E-state index in [4.69, 9.17) is 10.4 Å². The molecule has 0 radical (unpaired) electrons. The van der Waals surface area contributed by atoms with Gasteiger partial charge in [-0.15, -0.1) is 0 Å². The summed E-state index contributed by atoms with van der Waals surface area (Å²) in [4.78, 5) is 9.40. The number of hydrogen-bond acceptors (Lipinski definition) is 3. The van der Waals surface area contributed by atoms with Crippen LogP contribution in [-0.2, 0) is 5.41 Å². The second kappa shape index (κ2) is 14.8. The molecular formula is C56H41N3. The third kappa shape index (κ3) is 6.47. The highest BCUT2D eigenvalue weighted by molar-refractivity contribution is 6.12. The van der Waals surface area contributed by atoms with Crippen LogP contribution < -0.4 is 0 Å². The Labute approximate surface area is 345 Å². The Morgan fingerprint density at radius 2 is 1.24 bits per heavy atom. The van der Waals surface area contributed by atoms with E-state index in [0.29, 0.717) is 11.4 Å². The maximum atomic E-state index is 8.97. The summed E-state index contributed by atoms with van der Waals surface area (Å²) in [5, 5.41) is 13.9. The summed E-state index contributed by atoms with van der Waals surface area (Å²) in [7, 11) is 0. The highest BCUT2D eigenvalue weighted by Gasteiger charge is 2.38. The molecule has 3 heteroatoms. The van der Waals surface area contributed by atoms with Gasteiger partial charge in [0.15, 0.2) is 0 Å². The first kappa shape index (κ1) is 35.9. The van der Waals surface area contributed by atoms with Crippen molar-refractivity contribution in [1.29, 1.82) is 5.41 Å². The molecule has 1 aliphatic rings. The Balaban J connectivity index is 1.03. The number of aliphatic imine (C=N–C) groups is 1. The van der Waals surface area contributed by atoms with Crippen molar-refractivity contribution in [2.75, 3.05) is 0 Å². The molecule has 1 N–H and O–H groups in total. The van der Waals surface area contributed by atoms with Gasteiger partial charge in [0.25, 0.3) is 0 Å². The summed E-state index contributed by atoms with van der Waals surface area (Å²) in [5.41, 5.74) is 16.2. The molecule has 0 saturated carbocycles. The van der Waals surface area contributed by atoms with E-state index in [-0.39, 0.29) is 5.41 Å². The molecule has 0 unspecified atom stereocenters. The number of aromatic nitrogens is 1. The van der Waals surface area contributed by atoms with Crippen LogP contribution in [0.5, 0.6) is 0 Å². The lowest BCUT2D eigenvalue weighted by atomic mass is 9.80. The Kier molecular flexibility index (Phi) is 8.99. The zero-order valence-electron chi connectivity index (χ0n) is 33.0. The first-order chi connectivity index (χ1) is 28.9. The molecular weight excluding hydrogens is 715 g/mol. The highest BCUT2D eigenvalue weighted by atomic mass is 14.7. The number of nitrogens with zero attached hydrogens (tertiary/aromatic N) is 2. The SMILES string of the molecule is CC1(C)c2cccc(-c3cccc(-c4ccc(C=N/C(=C\C(=N)c5ccccc5)c5ccc(-c6cccnc6)cc5)c5ccccc45)c3)c2-c2ccc3ccccc3c21. The van der Waals surface area contributed by atoms with Crippen molar-refractivity contribution in [2.24, 2.45) is 4.99 Å². The molecule has 0 amide bonds. The van der Waals surface area contributed by atoms with Crippen LogP contribution in [0.15, 0.2) is 205 Å². The van der Waals surface area contributed by atoms with E-state index in [1.165, 1.54) is 55.3 Å². The van der Waals surface area contributed by atoms with E-state index in [1.54, 1.807) is 6.20 Å². The van der Waals surface area contributed by atoms with E-state index in [2.05, 4.69) is 164 Å². The van der Waals surface area contributed by atoms with Crippen LogP contribution in [-0.4, -0.2) is 16.9 Å². The molecule has 1 heterocycles. The molecule has 0 aliphatic heterocycles. The summed E-state index contributed by atoms with van der Waals surface area (Å²) in [6.07, 6.45) is 7.45. The first-order valence-corrected chi connectivity index (χ1v) is 20.1. The zero-order valence-corrected chi connectivity index (χ0v) is 33.0. The maximum Gasteiger partial charge on any atom is 0.0723 e. The predicted molar refractivity (Wildman–Crippen MR) is 248 cm³/mol. The number of pyridine rings is 1. The maximum absolute atomic E-state index is 8.97. The van der Waals surface area contributed by atoms with Gasteiger partial charge in [-0.2, -0.15) is 0 Å². The van der Waals surface area contributed by atoms with Crippen LogP contribution in [0.25, 0.3) is 71.7 Å². The van der Waals surface area contributed by atoms with E-state index in [9.17, 15) is 0 Å². The fourth-order valence-electron chi connectivity index (χ4n) is 8.97. The van der Waals surface area contributed by atoms with Crippen molar-refractivity contribution in [3.05, 3.63) is 228 Å². The van der Waals surface area contributed by atoms with Crippen LogP contribution in [0.4, 0.5) is 0 Å². The quantitative estimate of drug-likeness (QED) is 0.154. The summed E-state index contributed by atoms with van der Waals surface area (Å²) in [6, 6.07) is 64.3. The topological polar surface area (TPSA) is 49.1 Å². The van der Waals surface area contributed by atoms with Gasteiger partial charge in [0.2, 0.25) is 0 Å². The number of nitrogens with one attached hydrogen (secondary N) is 1. The molecule has 280 valence electrons. The average Bonchev–Trinajstić information content (AvgIpc) is 3.54. The molecule has 0 fully saturated rings. The van der Waals surface area contributed by atoms with Crippen LogP contribution in [0.1, 0.15) is 41.7 Å². The van der Waals surface area contributed by atoms with Gasteiger partial charge in [0, 0.05) is 35.2 Å². The summed E-state index contributed by atoms with van der Waals surface area (Å²) >= 11 is 0. The molecule has 59 heavy (non-hydrogen) atoms. The number of rotatable bonds is 8. The van der Waals surface area contributed by atoms with E-state index in [0.717, 1.165) is 38.6 Å². The van der Waals surface area contributed by atoms with Crippen molar-refractivity contribution in [3.8, 4) is 44.5 Å². The summed E-state index contributed by atoms with van der Waals surface area (Å²) in [5.74, 6) is 0. The minimum absolute atomic E-state index is 0.118. The molecule has 1 aromatic heterocycles. The molecule has 0 spiro atoms. The molecule has 9 aromatic rings. The second-order valence-corrected chi connectivity index (χ2v) is 15.8. The second-order valence-electron chi connectivity index (χ2n) is 15.8. The third-order valence-electron chi connectivity index (χ3n) is 11.9. The van der Waals surface area contributed by atoms with Gasteiger partial charge in [-0.3, -0.25) is 9.98 Å². The first-order valence-electron chi connectivity index (χ1n) is 20.1. The lowest BCUT2D eigenvalue weighted by Gasteiger charge is -2.23. The van der Waals surface area contributed by atoms with Gasteiger partial charge in [-0.1, -0.05) is 184 Å². The molecule has 8 aromatic carbocycles. The molecule has 10 rings (SSSR count). The Bertz CT molecular complexity index is 3120. The van der Waals surface area contributed by atoms with Crippen molar-refractivity contribution in [2.45, 2.75) is 19.3 Å². The van der Waals surface area contributed by atoms with E-state index < -0.39 is 0 Å². The van der Waals surface area contributed by atoms with Crippen molar-refractivity contribution >= 4 is 39.2 Å². The van der Waals surface area contributed by atoms with Crippen LogP contribution in [0, 0.1) is 5.41 Å². The van der Waals surface area contributed by atoms with Gasteiger partial charge >= 0.3 is 0 Å². The monoisotopic (exact) mass is 755 g/mol. The van der Waals surface area contributed by atoms with Gasteiger partial charge in [0.1, 0.15) is 0 Å². The molecule has 3 nitrogen and oxygen atoms in total. The lowest BCUT2D eigenvalue weighted by Crippen LogP contribution is -2.15. The standard InChI is InChI=1S/C56H41N3/c1-56(2)51-23-11-22-47(54(51)50-31-28-38-13-6-7-20-48(38)55(50)56)42-17-10-16-41(33-42)46-30-29-44(45-19-8-9-21-49(45)46)36-59-53(34-52(57)39-14-4-3-5-15-39)40-26-24-37(25-27-40)43-18-12-32-58-35-43/h3-36,57H,1-2H3/b53-34-,57-52?,59-36?. The van der Waals surface area contributed by atoms with E-state index in [1.807, 2.05) is 54.9 Å².